The molecule has 0 aliphatic heterocycles. The zero-order chi connectivity index (χ0) is 18.0. The van der Waals surface area contributed by atoms with E-state index in [9.17, 15) is 0 Å². The van der Waals surface area contributed by atoms with Gasteiger partial charge in [-0.3, -0.25) is 0 Å². The molecule has 0 fully saturated rings. The molecule has 0 bridgehead atoms. The summed E-state index contributed by atoms with van der Waals surface area (Å²) in [4.78, 5) is 8.63. The van der Waals surface area contributed by atoms with Crippen molar-refractivity contribution < 1.29 is 4.42 Å². The first kappa shape index (κ1) is 17.4. The molecule has 0 radical (unpaired) electrons. The summed E-state index contributed by atoms with van der Waals surface area (Å²) in [6.07, 6.45) is 5.61. The average Bonchev–Trinajstić information content (AvgIpc) is 3.21. The SMILES string of the molecule is Cc1nccn1-c1ccc(C(C)NCc2ncc(C(C)(C)C)o2)cc1. The lowest BCUT2D eigenvalue weighted by Crippen LogP contribution is -2.18. The topological polar surface area (TPSA) is 55.9 Å². The van der Waals surface area contributed by atoms with Crippen molar-refractivity contribution in [2.45, 2.75) is 52.6 Å². The molecule has 3 rings (SSSR count). The van der Waals surface area contributed by atoms with Gasteiger partial charge in [0.25, 0.3) is 0 Å². The van der Waals surface area contributed by atoms with Crippen molar-refractivity contribution in [1.29, 1.82) is 0 Å². The predicted octanol–water partition coefficient (Wildman–Crippen LogP) is 4.32. The average molecular weight is 338 g/mol. The Bertz CT molecular complexity index is 824. The third-order valence-electron chi connectivity index (χ3n) is 4.35. The number of oxazole rings is 1. The largest absolute Gasteiger partial charge is 0.444 e. The second-order valence-corrected chi connectivity index (χ2v) is 7.41. The van der Waals surface area contributed by atoms with Crippen LogP contribution >= 0.6 is 0 Å². The fraction of sp³-hybridized carbons (Fsp3) is 0.400. The molecule has 0 aliphatic carbocycles. The molecule has 0 saturated heterocycles. The lowest BCUT2D eigenvalue weighted by atomic mass is 9.94. The van der Waals surface area contributed by atoms with Crippen LogP contribution in [0.15, 0.2) is 47.3 Å². The summed E-state index contributed by atoms with van der Waals surface area (Å²) in [6, 6.07) is 8.73. The van der Waals surface area contributed by atoms with Crippen LogP contribution in [-0.4, -0.2) is 14.5 Å². The van der Waals surface area contributed by atoms with Crippen LogP contribution < -0.4 is 5.32 Å². The number of imidazole rings is 1. The molecule has 0 spiro atoms. The first-order valence-electron chi connectivity index (χ1n) is 8.63. The maximum Gasteiger partial charge on any atom is 0.208 e. The normalized spacial score (nSPS) is 13.2. The Morgan fingerprint density at radius 1 is 1.16 bits per heavy atom. The van der Waals surface area contributed by atoms with Gasteiger partial charge in [-0.25, -0.2) is 9.97 Å². The van der Waals surface area contributed by atoms with Gasteiger partial charge in [0.2, 0.25) is 5.89 Å². The second kappa shape index (κ2) is 6.84. The molecule has 0 aliphatic rings. The van der Waals surface area contributed by atoms with Crippen molar-refractivity contribution in [1.82, 2.24) is 19.9 Å². The summed E-state index contributed by atoms with van der Waals surface area (Å²) in [7, 11) is 0. The number of nitrogens with zero attached hydrogens (tertiary/aromatic N) is 3. The van der Waals surface area contributed by atoms with E-state index in [2.05, 4.69) is 71.8 Å². The van der Waals surface area contributed by atoms with Gasteiger partial charge < -0.3 is 14.3 Å². The van der Waals surface area contributed by atoms with Crippen LogP contribution in [0.3, 0.4) is 0 Å². The van der Waals surface area contributed by atoms with Gasteiger partial charge in [-0.1, -0.05) is 32.9 Å². The van der Waals surface area contributed by atoms with E-state index in [1.807, 2.05) is 25.5 Å². The van der Waals surface area contributed by atoms with Crippen LogP contribution in [0.5, 0.6) is 0 Å². The molecule has 1 aromatic carbocycles. The van der Waals surface area contributed by atoms with Crippen LogP contribution in [-0.2, 0) is 12.0 Å². The van der Waals surface area contributed by atoms with Gasteiger partial charge in [-0.05, 0) is 31.5 Å². The Kier molecular flexibility index (Phi) is 4.77. The molecule has 0 amide bonds. The highest BCUT2D eigenvalue weighted by molar-refractivity contribution is 5.36. The maximum absolute atomic E-state index is 5.83. The molecule has 5 heteroatoms. The number of rotatable bonds is 5. The highest BCUT2D eigenvalue weighted by Crippen LogP contribution is 2.23. The molecular weight excluding hydrogens is 312 g/mol. The van der Waals surface area contributed by atoms with Gasteiger partial charge in [0, 0.05) is 29.5 Å². The molecule has 1 atom stereocenters. The van der Waals surface area contributed by atoms with Crippen molar-refractivity contribution >= 4 is 0 Å². The molecule has 2 heterocycles. The fourth-order valence-electron chi connectivity index (χ4n) is 2.67. The number of aryl methyl sites for hydroxylation is 1. The van der Waals surface area contributed by atoms with E-state index in [0.717, 1.165) is 23.2 Å². The quantitative estimate of drug-likeness (QED) is 0.753. The van der Waals surface area contributed by atoms with Crippen molar-refractivity contribution in [2.24, 2.45) is 0 Å². The van der Waals surface area contributed by atoms with Crippen LogP contribution in [0.1, 0.15) is 56.8 Å². The molecule has 3 aromatic rings. The summed E-state index contributed by atoms with van der Waals surface area (Å²) >= 11 is 0. The Morgan fingerprint density at radius 2 is 1.88 bits per heavy atom. The van der Waals surface area contributed by atoms with Crippen molar-refractivity contribution in [2.75, 3.05) is 0 Å². The van der Waals surface area contributed by atoms with Gasteiger partial charge in [0.05, 0.1) is 12.7 Å². The molecule has 1 N–H and O–H groups in total. The Hall–Kier alpha value is -2.40. The minimum absolute atomic E-state index is 0.0157. The lowest BCUT2D eigenvalue weighted by Gasteiger charge is -2.15. The number of hydrogen-bond acceptors (Lipinski definition) is 4. The third kappa shape index (κ3) is 3.99. The smallest absolute Gasteiger partial charge is 0.208 e. The summed E-state index contributed by atoms with van der Waals surface area (Å²) in [5, 5.41) is 3.47. The zero-order valence-electron chi connectivity index (χ0n) is 15.6. The van der Waals surface area contributed by atoms with Crippen molar-refractivity contribution in [3.63, 3.8) is 0 Å². The molecule has 2 aromatic heterocycles. The summed E-state index contributed by atoms with van der Waals surface area (Å²) < 4.78 is 7.90. The van der Waals surface area contributed by atoms with Gasteiger partial charge in [-0.2, -0.15) is 0 Å². The number of aromatic nitrogens is 3. The summed E-state index contributed by atoms with van der Waals surface area (Å²) in [5.41, 5.74) is 2.33. The summed E-state index contributed by atoms with van der Waals surface area (Å²) in [5.74, 6) is 2.62. The second-order valence-electron chi connectivity index (χ2n) is 7.41. The van der Waals surface area contributed by atoms with E-state index in [0.29, 0.717) is 6.54 Å². The highest BCUT2D eigenvalue weighted by atomic mass is 16.4. The van der Waals surface area contributed by atoms with Crippen LogP contribution in [0.2, 0.25) is 0 Å². The van der Waals surface area contributed by atoms with Crippen LogP contribution in [0.4, 0.5) is 0 Å². The first-order valence-corrected chi connectivity index (χ1v) is 8.63. The highest BCUT2D eigenvalue weighted by Gasteiger charge is 2.19. The monoisotopic (exact) mass is 338 g/mol. The van der Waals surface area contributed by atoms with E-state index < -0.39 is 0 Å². The van der Waals surface area contributed by atoms with Crippen molar-refractivity contribution in [3.8, 4) is 5.69 Å². The van der Waals surface area contributed by atoms with Gasteiger partial charge in [-0.15, -0.1) is 0 Å². The number of benzene rings is 1. The van der Waals surface area contributed by atoms with E-state index in [1.54, 1.807) is 0 Å². The van der Waals surface area contributed by atoms with E-state index in [4.69, 9.17) is 4.42 Å². The lowest BCUT2D eigenvalue weighted by molar-refractivity contribution is 0.368. The predicted molar refractivity (Wildman–Crippen MR) is 98.8 cm³/mol. The first-order chi connectivity index (χ1) is 11.8. The minimum atomic E-state index is -0.0157. The molecule has 5 nitrogen and oxygen atoms in total. The van der Waals surface area contributed by atoms with E-state index in [-0.39, 0.29) is 11.5 Å². The summed E-state index contributed by atoms with van der Waals surface area (Å²) in [6.45, 7) is 11.1. The maximum atomic E-state index is 5.83. The Morgan fingerprint density at radius 3 is 2.44 bits per heavy atom. The van der Waals surface area contributed by atoms with Crippen molar-refractivity contribution in [3.05, 3.63) is 65.9 Å². The number of nitrogens with one attached hydrogen (secondary N) is 1. The third-order valence-corrected chi connectivity index (χ3v) is 4.35. The standard InChI is InChI=1S/C20H26N4O/c1-14(22-13-19-23-12-18(25-19)20(3,4)5)16-6-8-17(9-7-16)24-11-10-21-15(24)2/h6-12,14,22H,13H2,1-5H3. The van der Waals surface area contributed by atoms with Gasteiger partial charge >= 0.3 is 0 Å². The minimum Gasteiger partial charge on any atom is -0.444 e. The van der Waals surface area contributed by atoms with Crippen LogP contribution in [0, 0.1) is 6.92 Å². The number of hydrogen-bond donors (Lipinski definition) is 1. The molecule has 132 valence electrons. The fourth-order valence-corrected chi connectivity index (χ4v) is 2.67. The van der Waals surface area contributed by atoms with E-state index >= 15 is 0 Å². The van der Waals surface area contributed by atoms with E-state index in [1.165, 1.54) is 5.56 Å². The molecule has 0 saturated carbocycles. The zero-order valence-corrected chi connectivity index (χ0v) is 15.6. The molecular formula is C20H26N4O. The Labute approximate surface area is 149 Å². The van der Waals surface area contributed by atoms with Gasteiger partial charge in [0.1, 0.15) is 11.6 Å². The molecule has 1 unspecified atom stereocenters. The molecule has 25 heavy (non-hydrogen) atoms. The van der Waals surface area contributed by atoms with Gasteiger partial charge in [0.15, 0.2) is 0 Å². The Balaban J connectivity index is 1.62. The van der Waals surface area contributed by atoms with Crippen LogP contribution in [0.25, 0.3) is 5.69 Å².